The molecule has 0 spiro atoms. The highest BCUT2D eigenvalue weighted by Gasteiger charge is 2.44. The van der Waals surface area contributed by atoms with Gasteiger partial charge in [0.05, 0.1) is 19.2 Å². The summed E-state index contributed by atoms with van der Waals surface area (Å²) in [7, 11) is 3.78. The lowest BCUT2D eigenvalue weighted by Gasteiger charge is -2.28. The van der Waals surface area contributed by atoms with Gasteiger partial charge in [0, 0.05) is 40.7 Å². The second-order valence-electron chi connectivity index (χ2n) is 10.9. The molecule has 6 rings (SSSR count). The van der Waals surface area contributed by atoms with E-state index >= 15 is 0 Å². The fourth-order valence-corrected chi connectivity index (χ4v) is 7.39. The highest BCUT2D eigenvalue weighted by molar-refractivity contribution is 5.96. The average Bonchev–Trinajstić information content (AvgIpc) is 3.32. The maximum atomic E-state index is 11.7. The van der Waals surface area contributed by atoms with E-state index in [1.165, 1.54) is 59.9 Å². The van der Waals surface area contributed by atoms with E-state index in [2.05, 4.69) is 40.8 Å². The van der Waals surface area contributed by atoms with Crippen LogP contribution in [0.15, 0.2) is 36.4 Å². The van der Waals surface area contributed by atoms with Gasteiger partial charge < -0.3 is 14.4 Å². The summed E-state index contributed by atoms with van der Waals surface area (Å²) in [5, 5.41) is 10.8. The minimum atomic E-state index is -0.753. The first-order valence-corrected chi connectivity index (χ1v) is 13.2. The predicted octanol–water partition coefficient (Wildman–Crippen LogP) is 6.03. The summed E-state index contributed by atoms with van der Waals surface area (Å²) in [6.07, 6.45) is 8.10. The Balaban J connectivity index is 1.62. The third kappa shape index (κ3) is 3.65. The van der Waals surface area contributed by atoms with Crippen LogP contribution in [-0.2, 0) is 11.3 Å². The molecule has 3 unspecified atom stereocenters. The highest BCUT2D eigenvalue weighted by Crippen LogP contribution is 2.53. The number of nitrogens with zero attached hydrogens (tertiary/aromatic N) is 2. The van der Waals surface area contributed by atoms with Crippen molar-refractivity contribution in [1.82, 2.24) is 9.47 Å². The lowest BCUT2D eigenvalue weighted by molar-refractivity contribution is -0.138. The van der Waals surface area contributed by atoms with Gasteiger partial charge >= 0.3 is 5.97 Å². The van der Waals surface area contributed by atoms with Gasteiger partial charge in [-0.15, -0.1) is 0 Å². The molecule has 1 saturated carbocycles. The lowest BCUT2D eigenvalue weighted by atomic mass is 9.81. The summed E-state index contributed by atoms with van der Waals surface area (Å²) in [6, 6.07) is 12.7. The monoisotopic (exact) mass is 486 g/mol. The van der Waals surface area contributed by atoms with E-state index in [9.17, 15) is 14.7 Å². The van der Waals surface area contributed by atoms with Gasteiger partial charge in [0.2, 0.25) is 0 Å². The van der Waals surface area contributed by atoms with Crippen molar-refractivity contribution in [3.63, 3.8) is 0 Å². The standard InChI is InChI=1S/C30H34N2O4/c1-31-21(14-27(34)35)13-20-16-32-26-12-18(17-33)8-10-24(26)28(19-6-4-3-5-7-19)30(32)23-11-9-22(36-2)15-25(23)29(20)31/h8-12,15,17,19-21,29H,3-7,13-14,16H2,1-2H3,(H,34,35). The van der Waals surface area contributed by atoms with Gasteiger partial charge in [-0.25, -0.2) is 0 Å². The Hall–Kier alpha value is -3.12. The molecule has 2 fully saturated rings. The number of ether oxygens (including phenoxy) is 1. The number of benzene rings is 2. The molecule has 3 aliphatic rings. The van der Waals surface area contributed by atoms with Crippen molar-refractivity contribution in [2.24, 2.45) is 5.92 Å². The van der Waals surface area contributed by atoms with Crippen molar-refractivity contribution in [3.8, 4) is 17.0 Å². The quantitative estimate of drug-likeness (QED) is 0.446. The summed E-state index contributed by atoms with van der Waals surface area (Å²) in [5.74, 6) is 0.845. The molecule has 0 amide bonds. The SMILES string of the molecule is COc1ccc2c(c1)C1C(CC(CC(=O)O)N1C)Cn1c-2c(C2CCCCC2)c2ccc(C=O)cc21. The molecule has 3 atom stereocenters. The van der Waals surface area contributed by atoms with Gasteiger partial charge in [0.15, 0.2) is 0 Å². The van der Waals surface area contributed by atoms with E-state index in [0.717, 1.165) is 30.5 Å². The van der Waals surface area contributed by atoms with Crippen molar-refractivity contribution in [2.75, 3.05) is 14.2 Å². The van der Waals surface area contributed by atoms with Crippen LogP contribution in [0.4, 0.5) is 0 Å². The van der Waals surface area contributed by atoms with Crippen molar-refractivity contribution < 1.29 is 19.4 Å². The maximum Gasteiger partial charge on any atom is 0.304 e. The molecule has 1 saturated heterocycles. The number of carboxylic acid groups (broad SMARTS) is 1. The van der Waals surface area contributed by atoms with Crippen LogP contribution in [0.1, 0.15) is 78.4 Å². The van der Waals surface area contributed by atoms with Crippen LogP contribution in [0.25, 0.3) is 22.2 Å². The smallest absolute Gasteiger partial charge is 0.304 e. The number of methoxy groups -OCH3 is 1. The topological polar surface area (TPSA) is 71.8 Å². The van der Waals surface area contributed by atoms with E-state index in [1.807, 2.05) is 12.1 Å². The van der Waals surface area contributed by atoms with Crippen molar-refractivity contribution in [1.29, 1.82) is 0 Å². The minimum absolute atomic E-state index is 0.0109. The van der Waals surface area contributed by atoms with E-state index in [-0.39, 0.29) is 24.4 Å². The fraction of sp³-hybridized carbons (Fsp3) is 0.467. The molecule has 6 heteroatoms. The Kier molecular flexibility index (Phi) is 5.87. The van der Waals surface area contributed by atoms with Crippen LogP contribution >= 0.6 is 0 Å². The molecule has 3 heterocycles. The lowest BCUT2D eigenvalue weighted by Crippen LogP contribution is -2.30. The molecule has 1 aromatic heterocycles. The summed E-state index contributed by atoms with van der Waals surface area (Å²) in [5.41, 5.74) is 6.98. The Labute approximate surface area is 211 Å². The molecule has 0 radical (unpaired) electrons. The van der Waals surface area contributed by atoms with Crippen molar-refractivity contribution >= 4 is 23.2 Å². The van der Waals surface area contributed by atoms with E-state index in [4.69, 9.17) is 4.74 Å². The number of likely N-dealkylation sites (tertiary alicyclic amines) is 1. The Morgan fingerprint density at radius 2 is 1.94 bits per heavy atom. The van der Waals surface area contributed by atoms with Crippen LogP contribution in [0.2, 0.25) is 0 Å². The molecule has 188 valence electrons. The molecule has 3 aromatic rings. The molecule has 36 heavy (non-hydrogen) atoms. The predicted molar refractivity (Wildman–Crippen MR) is 140 cm³/mol. The molecule has 0 bridgehead atoms. The number of rotatable bonds is 5. The van der Waals surface area contributed by atoms with Crippen molar-refractivity contribution in [2.45, 2.75) is 69.5 Å². The summed E-state index contributed by atoms with van der Waals surface area (Å²) < 4.78 is 8.12. The van der Waals surface area contributed by atoms with Crippen LogP contribution in [0.3, 0.4) is 0 Å². The molecular weight excluding hydrogens is 452 g/mol. The average molecular weight is 487 g/mol. The molecule has 2 aliphatic heterocycles. The molecule has 1 N–H and O–H groups in total. The number of aldehydes is 1. The number of aliphatic carboxylic acids is 1. The third-order valence-electron chi connectivity index (χ3n) is 8.97. The van der Waals surface area contributed by atoms with E-state index in [0.29, 0.717) is 11.5 Å². The van der Waals surface area contributed by atoms with Gasteiger partial charge in [-0.3, -0.25) is 14.5 Å². The first-order chi connectivity index (χ1) is 17.5. The fourth-order valence-electron chi connectivity index (χ4n) is 7.39. The zero-order chi connectivity index (χ0) is 25.0. The number of carboxylic acids is 1. The van der Waals surface area contributed by atoms with E-state index in [1.54, 1.807) is 7.11 Å². The molecule has 2 aromatic carbocycles. The first-order valence-electron chi connectivity index (χ1n) is 13.2. The molecular formula is C30H34N2O4. The number of hydrogen-bond acceptors (Lipinski definition) is 4. The van der Waals surface area contributed by atoms with Crippen LogP contribution in [-0.4, -0.2) is 47.0 Å². The molecule has 6 nitrogen and oxygen atoms in total. The van der Waals surface area contributed by atoms with Gasteiger partial charge in [-0.1, -0.05) is 31.4 Å². The summed E-state index contributed by atoms with van der Waals surface area (Å²) in [4.78, 5) is 25.7. The highest BCUT2D eigenvalue weighted by atomic mass is 16.5. The van der Waals surface area contributed by atoms with Gasteiger partial charge in [0.25, 0.3) is 0 Å². The number of carbonyl (C=O) groups is 2. The second kappa shape index (κ2) is 9.07. The number of hydrogen-bond donors (Lipinski definition) is 1. The number of carbonyl (C=O) groups excluding carboxylic acids is 1. The van der Waals surface area contributed by atoms with Gasteiger partial charge in [0.1, 0.15) is 12.0 Å². The van der Waals surface area contributed by atoms with Gasteiger partial charge in [-0.05, 0) is 73.5 Å². The third-order valence-corrected chi connectivity index (χ3v) is 8.97. The normalized spacial score (nSPS) is 24.1. The Morgan fingerprint density at radius 1 is 1.14 bits per heavy atom. The Morgan fingerprint density at radius 3 is 2.67 bits per heavy atom. The minimum Gasteiger partial charge on any atom is -0.497 e. The summed E-state index contributed by atoms with van der Waals surface area (Å²) >= 11 is 0. The summed E-state index contributed by atoms with van der Waals surface area (Å²) in [6.45, 7) is 0.809. The molecule has 1 aliphatic carbocycles. The Bertz CT molecular complexity index is 1340. The van der Waals surface area contributed by atoms with Crippen LogP contribution in [0.5, 0.6) is 5.75 Å². The second-order valence-corrected chi connectivity index (χ2v) is 10.9. The van der Waals surface area contributed by atoms with Crippen LogP contribution in [0, 0.1) is 5.92 Å². The zero-order valence-electron chi connectivity index (χ0n) is 21.1. The van der Waals surface area contributed by atoms with Crippen molar-refractivity contribution in [3.05, 3.63) is 53.1 Å². The number of fused-ring (bicyclic) bond motifs is 7. The number of aromatic nitrogens is 1. The first kappa shape index (κ1) is 23.3. The van der Waals surface area contributed by atoms with E-state index < -0.39 is 5.97 Å². The van der Waals surface area contributed by atoms with Gasteiger partial charge in [-0.2, -0.15) is 0 Å². The van der Waals surface area contributed by atoms with Crippen LogP contribution < -0.4 is 4.74 Å². The largest absolute Gasteiger partial charge is 0.497 e. The maximum absolute atomic E-state index is 11.7. The zero-order valence-corrected chi connectivity index (χ0v) is 21.1.